The van der Waals surface area contributed by atoms with Gasteiger partial charge in [-0.15, -0.1) is 6.58 Å². The predicted octanol–water partition coefficient (Wildman–Crippen LogP) is 0.641. The van der Waals surface area contributed by atoms with Crippen molar-refractivity contribution in [3.63, 3.8) is 0 Å². The van der Waals surface area contributed by atoms with E-state index in [1.54, 1.807) is 6.20 Å². The molecule has 0 aromatic carbocycles. The molecular weight excluding hydrogens is 140 g/mol. The topological polar surface area (TPSA) is 53.6 Å². The molecule has 11 heavy (non-hydrogen) atoms. The smallest absolute Gasteiger partial charge is 0.0996 e. The standard InChI is InChI=1S/C7H12N4/c1-3-4-6(8-2)7-5-9-11-10-7/h3,5-6,8H,1,4H2,2H3,(H,9,10,11). The van der Waals surface area contributed by atoms with E-state index in [0.717, 1.165) is 12.1 Å². The van der Waals surface area contributed by atoms with E-state index >= 15 is 0 Å². The van der Waals surface area contributed by atoms with Gasteiger partial charge in [0.2, 0.25) is 0 Å². The Hall–Kier alpha value is -1.16. The highest BCUT2D eigenvalue weighted by Crippen LogP contribution is 2.11. The SMILES string of the molecule is C=CCC(NC)c1cn[nH]n1. The van der Waals surface area contributed by atoms with E-state index in [2.05, 4.69) is 27.3 Å². The second-order valence-corrected chi connectivity index (χ2v) is 2.26. The van der Waals surface area contributed by atoms with Gasteiger partial charge in [-0.2, -0.15) is 15.4 Å². The maximum atomic E-state index is 3.96. The molecule has 1 aromatic heterocycles. The van der Waals surface area contributed by atoms with Crippen molar-refractivity contribution >= 4 is 0 Å². The van der Waals surface area contributed by atoms with Crippen LogP contribution in [0.4, 0.5) is 0 Å². The highest BCUT2D eigenvalue weighted by molar-refractivity contribution is 5.01. The van der Waals surface area contributed by atoms with Crippen LogP contribution in [-0.4, -0.2) is 22.5 Å². The van der Waals surface area contributed by atoms with Crippen molar-refractivity contribution in [1.82, 2.24) is 20.7 Å². The number of H-pyrrole nitrogens is 1. The van der Waals surface area contributed by atoms with Gasteiger partial charge < -0.3 is 5.32 Å². The molecule has 0 saturated carbocycles. The second-order valence-electron chi connectivity index (χ2n) is 2.26. The van der Waals surface area contributed by atoms with Crippen LogP contribution < -0.4 is 5.32 Å². The number of hydrogen-bond donors (Lipinski definition) is 2. The summed E-state index contributed by atoms with van der Waals surface area (Å²) in [5.74, 6) is 0. The van der Waals surface area contributed by atoms with Gasteiger partial charge in [-0.3, -0.25) is 0 Å². The molecule has 0 radical (unpaired) electrons. The van der Waals surface area contributed by atoms with Crippen molar-refractivity contribution < 1.29 is 0 Å². The zero-order valence-corrected chi connectivity index (χ0v) is 6.54. The molecule has 1 aromatic rings. The van der Waals surface area contributed by atoms with Crippen molar-refractivity contribution in [1.29, 1.82) is 0 Å². The van der Waals surface area contributed by atoms with Crippen LogP contribution in [0.15, 0.2) is 18.9 Å². The van der Waals surface area contributed by atoms with E-state index < -0.39 is 0 Å². The first-order valence-electron chi connectivity index (χ1n) is 3.52. The van der Waals surface area contributed by atoms with Crippen molar-refractivity contribution in [3.05, 3.63) is 24.5 Å². The van der Waals surface area contributed by atoms with Crippen LogP contribution in [-0.2, 0) is 0 Å². The molecule has 0 bridgehead atoms. The Balaban J connectivity index is 2.62. The van der Waals surface area contributed by atoms with Crippen molar-refractivity contribution in [2.75, 3.05) is 7.05 Å². The van der Waals surface area contributed by atoms with Crippen LogP contribution in [0.5, 0.6) is 0 Å². The third-order valence-electron chi connectivity index (χ3n) is 1.54. The summed E-state index contributed by atoms with van der Waals surface area (Å²) in [6, 6.07) is 0.228. The summed E-state index contributed by atoms with van der Waals surface area (Å²) in [6.45, 7) is 3.66. The second kappa shape index (κ2) is 3.88. The molecule has 0 fully saturated rings. The minimum Gasteiger partial charge on any atom is -0.311 e. The monoisotopic (exact) mass is 152 g/mol. The summed E-state index contributed by atoms with van der Waals surface area (Å²) in [7, 11) is 1.89. The molecule has 2 N–H and O–H groups in total. The van der Waals surface area contributed by atoms with Gasteiger partial charge in [-0.25, -0.2) is 0 Å². The van der Waals surface area contributed by atoms with E-state index in [9.17, 15) is 0 Å². The van der Waals surface area contributed by atoms with Gasteiger partial charge in [0.25, 0.3) is 0 Å². The lowest BCUT2D eigenvalue weighted by Gasteiger charge is -2.08. The van der Waals surface area contributed by atoms with Crippen molar-refractivity contribution in [3.8, 4) is 0 Å². The number of aromatic nitrogens is 3. The summed E-state index contributed by atoms with van der Waals surface area (Å²) in [4.78, 5) is 0. The summed E-state index contributed by atoms with van der Waals surface area (Å²) >= 11 is 0. The Morgan fingerprint density at radius 1 is 1.91 bits per heavy atom. The van der Waals surface area contributed by atoms with Crippen LogP contribution in [0.25, 0.3) is 0 Å². The average Bonchev–Trinajstić information content (AvgIpc) is 2.52. The van der Waals surface area contributed by atoms with Gasteiger partial charge in [-0.05, 0) is 13.5 Å². The third kappa shape index (κ3) is 1.88. The van der Waals surface area contributed by atoms with Crippen LogP contribution in [0.1, 0.15) is 18.2 Å². The molecule has 4 nitrogen and oxygen atoms in total. The van der Waals surface area contributed by atoms with Gasteiger partial charge >= 0.3 is 0 Å². The lowest BCUT2D eigenvalue weighted by atomic mass is 10.1. The molecule has 1 unspecified atom stereocenters. The minimum atomic E-state index is 0.228. The Kier molecular flexibility index (Phi) is 2.80. The molecule has 1 rings (SSSR count). The van der Waals surface area contributed by atoms with Crippen molar-refractivity contribution in [2.45, 2.75) is 12.5 Å². The summed E-state index contributed by atoms with van der Waals surface area (Å²) in [5, 5.41) is 13.4. The Labute approximate surface area is 65.7 Å². The van der Waals surface area contributed by atoms with E-state index in [0.29, 0.717) is 0 Å². The zero-order chi connectivity index (χ0) is 8.10. The van der Waals surface area contributed by atoms with Gasteiger partial charge in [0.05, 0.1) is 17.9 Å². The van der Waals surface area contributed by atoms with E-state index in [1.165, 1.54) is 0 Å². The summed E-state index contributed by atoms with van der Waals surface area (Å²) < 4.78 is 0. The molecule has 0 aliphatic carbocycles. The van der Waals surface area contributed by atoms with E-state index in [1.807, 2.05) is 13.1 Å². The Morgan fingerprint density at radius 3 is 3.18 bits per heavy atom. The van der Waals surface area contributed by atoms with Crippen LogP contribution in [0, 0.1) is 0 Å². The van der Waals surface area contributed by atoms with Gasteiger partial charge in [0, 0.05) is 0 Å². The summed E-state index contributed by atoms with van der Waals surface area (Å²) in [6.07, 6.45) is 4.43. The largest absolute Gasteiger partial charge is 0.311 e. The normalized spacial score (nSPS) is 12.8. The molecule has 0 spiro atoms. The Bertz CT molecular complexity index is 204. The van der Waals surface area contributed by atoms with Gasteiger partial charge in [-0.1, -0.05) is 6.08 Å². The molecule has 60 valence electrons. The third-order valence-corrected chi connectivity index (χ3v) is 1.54. The highest BCUT2D eigenvalue weighted by atomic mass is 15.3. The zero-order valence-electron chi connectivity index (χ0n) is 6.54. The van der Waals surface area contributed by atoms with Crippen LogP contribution in [0.2, 0.25) is 0 Å². The predicted molar refractivity (Wildman–Crippen MR) is 43.0 cm³/mol. The fraction of sp³-hybridized carbons (Fsp3) is 0.429. The first kappa shape index (κ1) is 7.94. The first-order chi connectivity index (χ1) is 5.38. The molecule has 1 atom stereocenters. The molecule has 0 aliphatic heterocycles. The summed E-state index contributed by atoms with van der Waals surface area (Å²) in [5.41, 5.74) is 0.924. The molecule has 0 amide bonds. The average molecular weight is 152 g/mol. The highest BCUT2D eigenvalue weighted by Gasteiger charge is 2.08. The molecule has 4 heteroatoms. The molecule has 0 aliphatic rings. The number of aromatic amines is 1. The molecule has 1 heterocycles. The lowest BCUT2D eigenvalue weighted by molar-refractivity contribution is 0.585. The van der Waals surface area contributed by atoms with Gasteiger partial charge in [0.1, 0.15) is 0 Å². The Morgan fingerprint density at radius 2 is 2.73 bits per heavy atom. The van der Waals surface area contributed by atoms with E-state index in [4.69, 9.17) is 0 Å². The fourth-order valence-corrected chi connectivity index (χ4v) is 0.932. The van der Waals surface area contributed by atoms with Crippen LogP contribution >= 0.6 is 0 Å². The molecular formula is C7H12N4. The number of nitrogens with one attached hydrogen (secondary N) is 2. The molecule has 0 saturated heterocycles. The van der Waals surface area contributed by atoms with Crippen LogP contribution in [0.3, 0.4) is 0 Å². The number of rotatable bonds is 4. The fourth-order valence-electron chi connectivity index (χ4n) is 0.932. The quantitative estimate of drug-likeness (QED) is 0.622. The first-order valence-corrected chi connectivity index (χ1v) is 3.52. The maximum Gasteiger partial charge on any atom is 0.0996 e. The lowest BCUT2D eigenvalue weighted by Crippen LogP contribution is -2.15. The maximum absolute atomic E-state index is 3.96. The van der Waals surface area contributed by atoms with Gasteiger partial charge in [0.15, 0.2) is 0 Å². The number of nitrogens with zero attached hydrogens (tertiary/aromatic N) is 2. The van der Waals surface area contributed by atoms with Crippen molar-refractivity contribution in [2.24, 2.45) is 0 Å². The number of hydrogen-bond acceptors (Lipinski definition) is 3. The van der Waals surface area contributed by atoms with E-state index in [-0.39, 0.29) is 6.04 Å². The minimum absolute atomic E-state index is 0.228.